The summed E-state index contributed by atoms with van der Waals surface area (Å²) in [7, 11) is 0. The molecule has 1 aromatic heterocycles. The third kappa shape index (κ3) is 3.38. The Balaban J connectivity index is 1.16. The number of hydrogen-bond donors (Lipinski definition) is 1. The molecule has 5 nitrogen and oxygen atoms in total. The van der Waals surface area contributed by atoms with Gasteiger partial charge in [-0.2, -0.15) is 0 Å². The molecule has 6 heteroatoms. The predicted molar refractivity (Wildman–Crippen MR) is 112 cm³/mol. The summed E-state index contributed by atoms with van der Waals surface area (Å²) in [5.74, 6) is 1.53. The van der Waals surface area contributed by atoms with E-state index in [1.54, 1.807) is 11.3 Å². The van der Waals surface area contributed by atoms with Crippen molar-refractivity contribution in [2.24, 2.45) is 23.5 Å². The first-order chi connectivity index (χ1) is 13.7. The maximum atomic E-state index is 13.0. The molecule has 2 aliphatic carbocycles. The fraction of sp³-hybridized carbons (Fsp3) is 0.545. The second kappa shape index (κ2) is 7.58. The minimum Gasteiger partial charge on any atom is -0.340 e. The van der Waals surface area contributed by atoms with Crippen molar-refractivity contribution in [1.29, 1.82) is 0 Å². The molecule has 0 spiro atoms. The van der Waals surface area contributed by atoms with Crippen LogP contribution in [0.15, 0.2) is 35.7 Å². The maximum Gasteiger partial charge on any atom is 0.227 e. The summed E-state index contributed by atoms with van der Waals surface area (Å²) in [5.41, 5.74) is 8.69. The Morgan fingerprint density at radius 1 is 1.11 bits per heavy atom. The van der Waals surface area contributed by atoms with E-state index in [4.69, 9.17) is 10.7 Å². The van der Waals surface area contributed by atoms with E-state index in [0.29, 0.717) is 17.7 Å². The molecule has 1 aliphatic heterocycles. The van der Waals surface area contributed by atoms with E-state index >= 15 is 0 Å². The van der Waals surface area contributed by atoms with Crippen molar-refractivity contribution in [2.75, 3.05) is 26.2 Å². The number of nitrogens with zero attached hydrogens (tertiary/aromatic N) is 3. The van der Waals surface area contributed by atoms with E-state index < -0.39 is 0 Å². The van der Waals surface area contributed by atoms with Crippen LogP contribution in [0.1, 0.15) is 25.0 Å². The molecule has 1 saturated heterocycles. The molecule has 3 aliphatic rings. The Morgan fingerprint density at radius 3 is 2.57 bits per heavy atom. The topological polar surface area (TPSA) is 62.5 Å². The van der Waals surface area contributed by atoms with Crippen LogP contribution in [-0.4, -0.2) is 52.9 Å². The normalized spacial score (nSPS) is 30.1. The van der Waals surface area contributed by atoms with Crippen molar-refractivity contribution < 1.29 is 4.79 Å². The first-order valence-corrected chi connectivity index (χ1v) is 11.3. The van der Waals surface area contributed by atoms with Crippen LogP contribution in [0, 0.1) is 17.8 Å². The fourth-order valence-electron chi connectivity index (χ4n) is 5.36. The molecule has 2 bridgehead atoms. The Labute approximate surface area is 170 Å². The molecule has 2 aromatic rings. The van der Waals surface area contributed by atoms with Gasteiger partial charge in [-0.25, -0.2) is 4.98 Å². The highest BCUT2D eigenvalue weighted by Gasteiger charge is 2.50. The van der Waals surface area contributed by atoms with Gasteiger partial charge in [0.1, 0.15) is 5.01 Å². The zero-order chi connectivity index (χ0) is 19.1. The Hall–Kier alpha value is -1.76. The van der Waals surface area contributed by atoms with Crippen LogP contribution in [0.3, 0.4) is 0 Å². The largest absolute Gasteiger partial charge is 0.340 e. The molecule has 1 amide bonds. The summed E-state index contributed by atoms with van der Waals surface area (Å²) in [6, 6.07) is 10.4. The van der Waals surface area contributed by atoms with Gasteiger partial charge in [0, 0.05) is 49.7 Å². The number of aromatic nitrogens is 1. The smallest absolute Gasteiger partial charge is 0.227 e. The fourth-order valence-corrected chi connectivity index (χ4v) is 6.18. The van der Waals surface area contributed by atoms with Crippen molar-refractivity contribution in [3.63, 3.8) is 0 Å². The van der Waals surface area contributed by atoms with E-state index in [2.05, 4.69) is 39.4 Å². The van der Waals surface area contributed by atoms with Gasteiger partial charge in [0.15, 0.2) is 0 Å². The van der Waals surface area contributed by atoms with Gasteiger partial charge in [-0.15, -0.1) is 11.3 Å². The van der Waals surface area contributed by atoms with Crippen molar-refractivity contribution in [3.8, 4) is 10.6 Å². The standard InChI is InChI=1S/C22H28N4OS/c23-20-17-7-6-16(12-17)19(20)22(27)26-10-8-25(9-11-26)13-18-14-28-21(24-18)15-4-2-1-3-5-15/h1-5,14,16-17,19-20H,6-13,23H2. The molecule has 0 radical (unpaired) electrons. The molecule has 5 rings (SSSR count). The van der Waals surface area contributed by atoms with Gasteiger partial charge in [0.2, 0.25) is 5.91 Å². The number of carbonyl (C=O) groups is 1. The van der Waals surface area contributed by atoms with Crippen LogP contribution in [0.4, 0.5) is 0 Å². The number of benzene rings is 1. The number of hydrogen-bond acceptors (Lipinski definition) is 5. The highest BCUT2D eigenvalue weighted by Crippen LogP contribution is 2.48. The van der Waals surface area contributed by atoms with Crippen LogP contribution in [0.5, 0.6) is 0 Å². The number of nitrogens with two attached hydrogens (primary N) is 1. The molecule has 148 valence electrons. The second-order valence-electron chi connectivity index (χ2n) is 8.55. The van der Waals surface area contributed by atoms with Gasteiger partial charge in [-0.3, -0.25) is 9.69 Å². The number of piperazine rings is 1. The third-order valence-corrected chi connectivity index (χ3v) is 7.85. The third-order valence-electron chi connectivity index (χ3n) is 6.91. The Kier molecular flexibility index (Phi) is 4.95. The summed E-state index contributed by atoms with van der Waals surface area (Å²) in [5, 5.41) is 3.24. The van der Waals surface area contributed by atoms with E-state index in [1.165, 1.54) is 24.8 Å². The summed E-state index contributed by atoms with van der Waals surface area (Å²) >= 11 is 1.70. The summed E-state index contributed by atoms with van der Waals surface area (Å²) in [6.45, 7) is 4.32. The maximum absolute atomic E-state index is 13.0. The number of amides is 1. The first kappa shape index (κ1) is 18.3. The molecule has 28 heavy (non-hydrogen) atoms. The zero-order valence-corrected chi connectivity index (χ0v) is 17.0. The first-order valence-electron chi connectivity index (χ1n) is 10.5. The molecular formula is C22H28N4OS. The van der Waals surface area contributed by atoms with Crippen LogP contribution in [0.25, 0.3) is 10.6 Å². The lowest BCUT2D eigenvalue weighted by Gasteiger charge is -2.38. The average molecular weight is 397 g/mol. The predicted octanol–water partition coefficient (Wildman–Crippen LogP) is 2.83. The van der Waals surface area contributed by atoms with Crippen LogP contribution in [-0.2, 0) is 11.3 Å². The zero-order valence-electron chi connectivity index (χ0n) is 16.2. The minimum absolute atomic E-state index is 0.0808. The number of rotatable bonds is 4. The van der Waals surface area contributed by atoms with Crippen LogP contribution < -0.4 is 5.73 Å². The van der Waals surface area contributed by atoms with Crippen molar-refractivity contribution in [3.05, 3.63) is 41.4 Å². The summed E-state index contributed by atoms with van der Waals surface area (Å²) < 4.78 is 0. The monoisotopic (exact) mass is 396 g/mol. The van der Waals surface area contributed by atoms with E-state index in [-0.39, 0.29) is 12.0 Å². The van der Waals surface area contributed by atoms with Gasteiger partial charge < -0.3 is 10.6 Å². The van der Waals surface area contributed by atoms with Crippen molar-refractivity contribution in [2.45, 2.75) is 31.8 Å². The van der Waals surface area contributed by atoms with E-state index in [1.807, 2.05) is 6.07 Å². The summed E-state index contributed by atoms with van der Waals surface area (Å²) in [6.07, 6.45) is 3.59. The lowest BCUT2D eigenvalue weighted by atomic mass is 9.84. The van der Waals surface area contributed by atoms with Gasteiger partial charge in [0.25, 0.3) is 0 Å². The molecule has 2 saturated carbocycles. The Bertz CT molecular complexity index is 828. The molecule has 1 aromatic carbocycles. The highest BCUT2D eigenvalue weighted by atomic mass is 32.1. The SMILES string of the molecule is NC1C2CCC(C2)C1C(=O)N1CCN(Cc2csc(-c3ccccc3)n2)CC1. The average Bonchev–Trinajstić information content (AvgIpc) is 3.45. The lowest BCUT2D eigenvalue weighted by molar-refractivity contribution is -0.139. The van der Waals surface area contributed by atoms with Gasteiger partial charge in [-0.05, 0) is 31.1 Å². The van der Waals surface area contributed by atoms with Gasteiger partial charge in [-0.1, -0.05) is 30.3 Å². The minimum atomic E-state index is 0.0808. The van der Waals surface area contributed by atoms with E-state index in [9.17, 15) is 4.79 Å². The molecule has 2 heterocycles. The number of fused-ring (bicyclic) bond motifs is 2. The van der Waals surface area contributed by atoms with Crippen LogP contribution >= 0.6 is 11.3 Å². The van der Waals surface area contributed by atoms with Gasteiger partial charge in [0.05, 0.1) is 11.6 Å². The second-order valence-corrected chi connectivity index (χ2v) is 9.41. The van der Waals surface area contributed by atoms with Crippen LogP contribution in [0.2, 0.25) is 0 Å². The molecule has 4 atom stereocenters. The van der Waals surface area contributed by atoms with Crippen molar-refractivity contribution in [1.82, 2.24) is 14.8 Å². The highest BCUT2D eigenvalue weighted by molar-refractivity contribution is 7.13. The lowest BCUT2D eigenvalue weighted by Crippen LogP contribution is -2.53. The number of carbonyl (C=O) groups excluding carboxylic acids is 1. The quantitative estimate of drug-likeness (QED) is 0.863. The van der Waals surface area contributed by atoms with Gasteiger partial charge >= 0.3 is 0 Å². The molecular weight excluding hydrogens is 368 g/mol. The number of thiazole rings is 1. The molecule has 2 N–H and O–H groups in total. The molecule has 3 fully saturated rings. The van der Waals surface area contributed by atoms with E-state index in [0.717, 1.165) is 43.4 Å². The Morgan fingerprint density at radius 2 is 1.86 bits per heavy atom. The van der Waals surface area contributed by atoms with Crippen molar-refractivity contribution >= 4 is 17.2 Å². The molecule has 4 unspecified atom stereocenters. The summed E-state index contributed by atoms with van der Waals surface area (Å²) in [4.78, 5) is 22.3.